The summed E-state index contributed by atoms with van der Waals surface area (Å²) in [5, 5.41) is 10.8. The van der Waals surface area contributed by atoms with Crippen molar-refractivity contribution in [3.8, 4) is 0 Å². The van der Waals surface area contributed by atoms with Crippen LogP contribution < -0.4 is 10.0 Å². The number of nitrogens with one attached hydrogen (secondary N) is 2. The van der Waals surface area contributed by atoms with Crippen molar-refractivity contribution in [2.75, 3.05) is 10.0 Å². The second kappa shape index (κ2) is 8.45. The van der Waals surface area contributed by atoms with E-state index in [9.17, 15) is 13.2 Å². The summed E-state index contributed by atoms with van der Waals surface area (Å²) < 4.78 is 27.5. The SMILES string of the molecule is CC(=O)Nc1ccc(S(=O)(=O)Nc2ccc(N=Nc3ccccc3)cc2)cc1. The average molecular weight is 394 g/mol. The lowest BCUT2D eigenvalue weighted by Gasteiger charge is -2.09. The molecule has 0 aromatic heterocycles. The molecular weight excluding hydrogens is 376 g/mol. The van der Waals surface area contributed by atoms with Gasteiger partial charge in [-0.15, -0.1) is 0 Å². The third-order valence-electron chi connectivity index (χ3n) is 3.64. The van der Waals surface area contributed by atoms with E-state index >= 15 is 0 Å². The standard InChI is InChI=1S/C20H18N4O3S/c1-15(25)21-16-11-13-20(14-12-16)28(26,27)24-19-9-7-18(8-10-19)23-22-17-5-3-2-4-6-17/h2-14,24H,1H3,(H,21,25). The molecule has 2 N–H and O–H groups in total. The first-order valence-electron chi connectivity index (χ1n) is 8.40. The van der Waals surface area contributed by atoms with Crippen LogP contribution in [-0.2, 0) is 14.8 Å². The van der Waals surface area contributed by atoms with E-state index < -0.39 is 10.0 Å². The average Bonchev–Trinajstić information content (AvgIpc) is 2.68. The normalized spacial score (nSPS) is 11.3. The number of amides is 1. The number of sulfonamides is 1. The fraction of sp³-hybridized carbons (Fsp3) is 0.0500. The summed E-state index contributed by atoms with van der Waals surface area (Å²) in [6.45, 7) is 1.38. The van der Waals surface area contributed by atoms with Crippen LogP contribution in [0.2, 0.25) is 0 Å². The fourth-order valence-corrected chi connectivity index (χ4v) is 3.40. The molecule has 3 rings (SSSR count). The maximum absolute atomic E-state index is 12.5. The molecule has 0 saturated carbocycles. The highest BCUT2D eigenvalue weighted by Crippen LogP contribution is 2.22. The minimum absolute atomic E-state index is 0.0921. The first-order chi connectivity index (χ1) is 13.4. The van der Waals surface area contributed by atoms with Gasteiger partial charge in [-0.1, -0.05) is 18.2 Å². The molecule has 0 aliphatic heterocycles. The number of azo groups is 1. The Morgan fingerprint density at radius 1 is 0.750 bits per heavy atom. The van der Waals surface area contributed by atoms with Crippen LogP contribution in [0, 0.1) is 0 Å². The second-order valence-corrected chi connectivity index (χ2v) is 7.58. The van der Waals surface area contributed by atoms with E-state index in [1.54, 1.807) is 24.3 Å². The van der Waals surface area contributed by atoms with Crippen LogP contribution in [0.25, 0.3) is 0 Å². The lowest BCUT2D eigenvalue weighted by atomic mass is 10.3. The molecule has 3 aromatic carbocycles. The molecule has 0 radical (unpaired) electrons. The van der Waals surface area contributed by atoms with Crippen LogP contribution in [0.3, 0.4) is 0 Å². The highest BCUT2D eigenvalue weighted by atomic mass is 32.2. The Hall–Kier alpha value is -3.52. The van der Waals surface area contributed by atoms with E-state index in [1.807, 2.05) is 30.3 Å². The van der Waals surface area contributed by atoms with Crippen LogP contribution in [-0.4, -0.2) is 14.3 Å². The van der Waals surface area contributed by atoms with Crippen molar-refractivity contribution in [1.82, 2.24) is 0 Å². The topological polar surface area (TPSA) is 100.0 Å². The lowest BCUT2D eigenvalue weighted by molar-refractivity contribution is -0.114. The first kappa shape index (κ1) is 19.2. The van der Waals surface area contributed by atoms with Gasteiger partial charge in [0.2, 0.25) is 5.91 Å². The zero-order chi connectivity index (χ0) is 20.0. The molecule has 0 unspecified atom stereocenters. The third kappa shape index (κ3) is 5.24. The van der Waals surface area contributed by atoms with Crippen LogP contribution >= 0.6 is 0 Å². The minimum atomic E-state index is -3.74. The number of carbonyl (C=O) groups excluding carboxylic acids is 1. The Labute approximate surface area is 163 Å². The number of carbonyl (C=O) groups is 1. The summed E-state index contributed by atoms with van der Waals surface area (Å²) >= 11 is 0. The Kier molecular flexibility index (Phi) is 5.81. The maximum atomic E-state index is 12.5. The van der Waals surface area contributed by atoms with Gasteiger partial charge in [-0.3, -0.25) is 9.52 Å². The molecule has 0 bridgehead atoms. The van der Waals surface area contributed by atoms with Gasteiger partial charge >= 0.3 is 0 Å². The Balaban J connectivity index is 1.68. The van der Waals surface area contributed by atoms with Crippen LogP contribution in [0.1, 0.15) is 6.92 Å². The predicted molar refractivity (Wildman–Crippen MR) is 109 cm³/mol. The van der Waals surface area contributed by atoms with Crippen molar-refractivity contribution in [2.24, 2.45) is 10.2 Å². The van der Waals surface area contributed by atoms with Crippen molar-refractivity contribution >= 4 is 38.7 Å². The molecule has 3 aromatic rings. The fourth-order valence-electron chi connectivity index (χ4n) is 2.34. The van der Waals surface area contributed by atoms with Gasteiger partial charge in [-0.25, -0.2) is 8.42 Å². The van der Waals surface area contributed by atoms with Gasteiger partial charge < -0.3 is 5.32 Å². The number of benzene rings is 3. The molecule has 8 heteroatoms. The molecule has 7 nitrogen and oxygen atoms in total. The van der Waals surface area contributed by atoms with Gasteiger partial charge in [0.1, 0.15) is 0 Å². The Morgan fingerprint density at radius 2 is 1.29 bits per heavy atom. The molecule has 0 aliphatic carbocycles. The summed E-state index contributed by atoms with van der Waals surface area (Å²) in [5.74, 6) is -0.224. The molecule has 0 fully saturated rings. The molecule has 0 spiro atoms. The summed E-state index contributed by atoms with van der Waals surface area (Å²) in [7, 11) is -3.74. The first-order valence-corrected chi connectivity index (χ1v) is 9.88. The van der Waals surface area contributed by atoms with E-state index in [-0.39, 0.29) is 10.8 Å². The molecule has 0 aliphatic rings. The van der Waals surface area contributed by atoms with Crippen molar-refractivity contribution in [2.45, 2.75) is 11.8 Å². The van der Waals surface area contributed by atoms with Crippen molar-refractivity contribution in [3.63, 3.8) is 0 Å². The van der Waals surface area contributed by atoms with Gasteiger partial charge in [0.25, 0.3) is 10.0 Å². The summed E-state index contributed by atoms with van der Waals surface area (Å²) in [6, 6.07) is 21.8. The molecule has 28 heavy (non-hydrogen) atoms. The number of rotatable bonds is 6. The smallest absolute Gasteiger partial charge is 0.261 e. The van der Waals surface area contributed by atoms with E-state index in [2.05, 4.69) is 20.3 Å². The number of hydrogen-bond acceptors (Lipinski definition) is 5. The van der Waals surface area contributed by atoms with Crippen molar-refractivity contribution < 1.29 is 13.2 Å². The molecular formula is C20H18N4O3S. The van der Waals surface area contributed by atoms with Gasteiger partial charge in [0.15, 0.2) is 0 Å². The van der Waals surface area contributed by atoms with Crippen molar-refractivity contribution in [3.05, 3.63) is 78.9 Å². The quantitative estimate of drug-likeness (QED) is 0.584. The highest BCUT2D eigenvalue weighted by molar-refractivity contribution is 7.92. The van der Waals surface area contributed by atoms with Crippen LogP contribution in [0.5, 0.6) is 0 Å². The summed E-state index contributed by atoms with van der Waals surface area (Å²) in [5.41, 5.74) is 2.27. The Bertz CT molecular complexity index is 1080. The van der Waals surface area contributed by atoms with Crippen molar-refractivity contribution in [1.29, 1.82) is 0 Å². The van der Waals surface area contributed by atoms with E-state index in [0.29, 0.717) is 17.1 Å². The Morgan fingerprint density at radius 3 is 1.86 bits per heavy atom. The van der Waals surface area contributed by atoms with E-state index in [4.69, 9.17) is 0 Å². The number of nitrogens with zero attached hydrogens (tertiary/aromatic N) is 2. The third-order valence-corrected chi connectivity index (χ3v) is 5.04. The van der Waals surface area contributed by atoms with Crippen LogP contribution in [0.15, 0.2) is 94.0 Å². The zero-order valence-corrected chi connectivity index (χ0v) is 15.8. The maximum Gasteiger partial charge on any atom is 0.261 e. The van der Waals surface area contributed by atoms with Gasteiger partial charge in [-0.2, -0.15) is 10.2 Å². The molecule has 0 heterocycles. The zero-order valence-electron chi connectivity index (χ0n) is 15.0. The molecule has 0 atom stereocenters. The van der Waals surface area contributed by atoms with Gasteiger partial charge in [0, 0.05) is 18.3 Å². The molecule has 142 valence electrons. The second-order valence-electron chi connectivity index (χ2n) is 5.89. The van der Waals surface area contributed by atoms with Gasteiger partial charge in [0.05, 0.1) is 16.3 Å². The van der Waals surface area contributed by atoms with Gasteiger partial charge in [-0.05, 0) is 60.7 Å². The largest absolute Gasteiger partial charge is 0.326 e. The predicted octanol–water partition coefficient (Wildman–Crippen LogP) is 4.86. The highest BCUT2D eigenvalue weighted by Gasteiger charge is 2.14. The summed E-state index contributed by atoms with van der Waals surface area (Å²) in [4.78, 5) is 11.1. The number of anilines is 2. The lowest BCUT2D eigenvalue weighted by Crippen LogP contribution is -2.13. The minimum Gasteiger partial charge on any atom is -0.326 e. The molecule has 1 amide bonds. The molecule has 0 saturated heterocycles. The monoisotopic (exact) mass is 394 g/mol. The van der Waals surface area contributed by atoms with E-state index in [1.165, 1.54) is 31.2 Å². The van der Waals surface area contributed by atoms with E-state index in [0.717, 1.165) is 5.69 Å². The summed E-state index contributed by atoms with van der Waals surface area (Å²) in [6.07, 6.45) is 0. The number of hydrogen-bond donors (Lipinski definition) is 2. The van der Waals surface area contributed by atoms with Crippen LogP contribution in [0.4, 0.5) is 22.7 Å².